The molecule has 0 aromatic heterocycles. The Kier molecular flexibility index (Phi) is 8.02. The molecule has 28 heavy (non-hydrogen) atoms. The molecule has 7 heteroatoms. The van der Waals surface area contributed by atoms with Gasteiger partial charge in [0.2, 0.25) is 10.0 Å². The molecule has 1 amide bonds. The molecular weight excluding hydrogens is 376 g/mol. The molecule has 0 aliphatic heterocycles. The maximum absolute atomic E-state index is 12.6. The first kappa shape index (κ1) is 21.9. The van der Waals surface area contributed by atoms with Crippen LogP contribution in [0.1, 0.15) is 50.4 Å². The summed E-state index contributed by atoms with van der Waals surface area (Å²) in [6, 6.07) is 13.0. The highest BCUT2D eigenvalue weighted by Gasteiger charge is 2.16. The molecule has 0 fully saturated rings. The molecule has 2 N–H and O–H groups in total. The van der Waals surface area contributed by atoms with Crippen LogP contribution in [0.25, 0.3) is 0 Å². The molecule has 6 nitrogen and oxygen atoms in total. The minimum Gasteiger partial charge on any atom is -0.493 e. The van der Waals surface area contributed by atoms with Gasteiger partial charge in [-0.1, -0.05) is 31.9 Å². The molecule has 0 unspecified atom stereocenters. The molecule has 0 radical (unpaired) electrons. The van der Waals surface area contributed by atoms with Crippen LogP contribution in [0.2, 0.25) is 0 Å². The maximum Gasteiger partial charge on any atom is 0.259 e. The van der Waals surface area contributed by atoms with Crippen LogP contribution in [0.4, 0.5) is 5.69 Å². The van der Waals surface area contributed by atoms with Crippen molar-refractivity contribution in [2.45, 2.75) is 51.0 Å². The van der Waals surface area contributed by atoms with Crippen LogP contribution in [0.3, 0.4) is 0 Å². The van der Waals surface area contributed by atoms with E-state index in [-0.39, 0.29) is 16.8 Å². The molecule has 0 saturated carbocycles. The number of hydrogen-bond donors (Lipinski definition) is 2. The predicted molar refractivity (Wildman–Crippen MR) is 111 cm³/mol. The topological polar surface area (TPSA) is 84.5 Å². The highest BCUT2D eigenvalue weighted by Crippen LogP contribution is 2.21. The third kappa shape index (κ3) is 6.35. The summed E-state index contributed by atoms with van der Waals surface area (Å²) in [5.41, 5.74) is 0.950. The van der Waals surface area contributed by atoms with Crippen molar-refractivity contribution in [2.24, 2.45) is 0 Å². The first-order valence-electron chi connectivity index (χ1n) is 9.49. The van der Waals surface area contributed by atoms with E-state index in [1.54, 1.807) is 44.2 Å². The van der Waals surface area contributed by atoms with Crippen molar-refractivity contribution in [3.05, 3.63) is 54.1 Å². The number of carbonyl (C=O) groups is 1. The number of nitrogens with one attached hydrogen (secondary N) is 2. The Hall–Kier alpha value is -2.38. The molecule has 152 valence electrons. The molecule has 0 aliphatic carbocycles. The van der Waals surface area contributed by atoms with Crippen molar-refractivity contribution < 1.29 is 17.9 Å². The Balaban J connectivity index is 2.07. The Bertz CT molecular complexity index is 878. The van der Waals surface area contributed by atoms with Gasteiger partial charge in [0.05, 0.1) is 17.1 Å². The molecular formula is C21H28N2O4S. The number of unbranched alkanes of at least 4 members (excludes halogenated alkanes) is 2. The van der Waals surface area contributed by atoms with Gasteiger partial charge in [-0.2, -0.15) is 0 Å². The number of para-hydroxylation sites is 1. The van der Waals surface area contributed by atoms with E-state index in [0.717, 1.165) is 19.3 Å². The fourth-order valence-corrected chi connectivity index (χ4v) is 3.86. The molecule has 0 aliphatic rings. The second kappa shape index (κ2) is 10.2. The first-order valence-corrected chi connectivity index (χ1v) is 11.0. The van der Waals surface area contributed by atoms with E-state index < -0.39 is 10.0 Å². The van der Waals surface area contributed by atoms with Crippen LogP contribution in [-0.4, -0.2) is 27.0 Å². The molecule has 0 bridgehead atoms. The number of rotatable bonds is 10. The lowest BCUT2D eigenvalue weighted by Gasteiger charge is -2.12. The summed E-state index contributed by atoms with van der Waals surface area (Å²) in [6.45, 7) is 6.20. The highest BCUT2D eigenvalue weighted by atomic mass is 32.2. The van der Waals surface area contributed by atoms with Gasteiger partial charge in [0.1, 0.15) is 5.75 Å². The number of anilines is 1. The van der Waals surface area contributed by atoms with Crippen molar-refractivity contribution in [3.8, 4) is 5.75 Å². The van der Waals surface area contributed by atoms with Crippen molar-refractivity contribution >= 4 is 21.6 Å². The van der Waals surface area contributed by atoms with Crippen LogP contribution < -0.4 is 14.8 Å². The van der Waals surface area contributed by atoms with Crippen LogP contribution in [0.5, 0.6) is 5.75 Å². The van der Waals surface area contributed by atoms with E-state index in [4.69, 9.17) is 4.74 Å². The summed E-state index contributed by atoms with van der Waals surface area (Å²) in [7, 11) is -3.56. The zero-order chi connectivity index (χ0) is 20.6. The largest absolute Gasteiger partial charge is 0.493 e. The quantitative estimate of drug-likeness (QED) is 0.582. The van der Waals surface area contributed by atoms with Crippen molar-refractivity contribution in [1.82, 2.24) is 4.72 Å². The monoisotopic (exact) mass is 404 g/mol. The molecule has 0 spiro atoms. The first-order chi connectivity index (χ1) is 13.3. The number of amides is 1. The van der Waals surface area contributed by atoms with E-state index >= 15 is 0 Å². The molecule has 0 saturated heterocycles. The second-order valence-electron chi connectivity index (χ2n) is 6.81. The van der Waals surface area contributed by atoms with E-state index in [9.17, 15) is 13.2 Å². The van der Waals surface area contributed by atoms with Gasteiger partial charge in [0, 0.05) is 11.7 Å². The lowest BCUT2D eigenvalue weighted by molar-refractivity contribution is 0.102. The SMILES string of the molecule is CCCCCOc1ccccc1C(=O)Nc1ccc(S(=O)(=O)NC(C)C)cc1. The zero-order valence-corrected chi connectivity index (χ0v) is 17.4. The number of hydrogen-bond acceptors (Lipinski definition) is 4. The summed E-state index contributed by atoms with van der Waals surface area (Å²) in [5.74, 6) is 0.235. The minimum absolute atomic E-state index is 0.152. The Morgan fingerprint density at radius 2 is 1.71 bits per heavy atom. The predicted octanol–water partition coefficient (Wildman–Crippen LogP) is 4.19. The summed E-state index contributed by atoms with van der Waals surface area (Å²) in [5, 5.41) is 2.79. The van der Waals surface area contributed by atoms with E-state index in [1.807, 2.05) is 6.07 Å². The summed E-state index contributed by atoms with van der Waals surface area (Å²) < 4.78 is 32.6. The normalized spacial score (nSPS) is 11.4. The van der Waals surface area contributed by atoms with Crippen LogP contribution in [0, 0.1) is 0 Å². The van der Waals surface area contributed by atoms with Gasteiger partial charge in [0.15, 0.2) is 0 Å². The summed E-state index contributed by atoms with van der Waals surface area (Å²) in [4.78, 5) is 12.8. The van der Waals surface area contributed by atoms with Gasteiger partial charge < -0.3 is 10.1 Å². The van der Waals surface area contributed by atoms with Gasteiger partial charge in [-0.3, -0.25) is 4.79 Å². The average Bonchev–Trinajstić information content (AvgIpc) is 2.65. The van der Waals surface area contributed by atoms with Gasteiger partial charge in [0.25, 0.3) is 5.91 Å². The number of ether oxygens (including phenoxy) is 1. The van der Waals surface area contributed by atoms with Crippen molar-refractivity contribution in [2.75, 3.05) is 11.9 Å². The zero-order valence-electron chi connectivity index (χ0n) is 16.6. The third-order valence-corrected chi connectivity index (χ3v) is 5.62. The highest BCUT2D eigenvalue weighted by molar-refractivity contribution is 7.89. The van der Waals surface area contributed by atoms with Gasteiger partial charge in [-0.15, -0.1) is 0 Å². The summed E-state index contributed by atoms with van der Waals surface area (Å²) >= 11 is 0. The van der Waals surface area contributed by atoms with Gasteiger partial charge >= 0.3 is 0 Å². The smallest absolute Gasteiger partial charge is 0.259 e. The molecule has 0 heterocycles. The van der Waals surface area contributed by atoms with Crippen molar-refractivity contribution in [1.29, 1.82) is 0 Å². The number of carbonyl (C=O) groups excluding carboxylic acids is 1. The van der Waals surface area contributed by atoms with E-state index in [2.05, 4.69) is 17.0 Å². The molecule has 2 rings (SSSR count). The Labute approximate surface area is 167 Å². The number of sulfonamides is 1. The second-order valence-corrected chi connectivity index (χ2v) is 8.52. The third-order valence-electron chi connectivity index (χ3n) is 3.95. The van der Waals surface area contributed by atoms with Crippen LogP contribution in [-0.2, 0) is 10.0 Å². The summed E-state index contributed by atoms with van der Waals surface area (Å²) in [6.07, 6.45) is 3.12. The minimum atomic E-state index is -3.56. The molecule has 2 aromatic carbocycles. The van der Waals surface area contributed by atoms with Gasteiger partial charge in [-0.25, -0.2) is 13.1 Å². The Morgan fingerprint density at radius 3 is 2.36 bits per heavy atom. The fourth-order valence-electron chi connectivity index (χ4n) is 2.61. The Morgan fingerprint density at radius 1 is 1.04 bits per heavy atom. The maximum atomic E-state index is 12.6. The molecule has 0 atom stereocenters. The fraction of sp³-hybridized carbons (Fsp3) is 0.381. The van der Waals surface area contributed by atoms with Crippen molar-refractivity contribution in [3.63, 3.8) is 0 Å². The van der Waals surface area contributed by atoms with Gasteiger partial charge in [-0.05, 0) is 56.7 Å². The van der Waals surface area contributed by atoms with Crippen LogP contribution >= 0.6 is 0 Å². The van der Waals surface area contributed by atoms with E-state index in [1.165, 1.54) is 12.1 Å². The lowest BCUT2D eigenvalue weighted by Crippen LogP contribution is -2.30. The molecule has 2 aromatic rings. The van der Waals surface area contributed by atoms with Crippen LogP contribution in [0.15, 0.2) is 53.4 Å². The number of benzene rings is 2. The van der Waals surface area contributed by atoms with E-state index in [0.29, 0.717) is 23.6 Å². The average molecular weight is 405 g/mol. The standard InChI is InChI=1S/C21H28N2O4S/c1-4-5-8-15-27-20-10-7-6-9-19(20)21(24)22-17-11-13-18(14-12-17)28(25,26)23-16(2)3/h6-7,9-14,16,23H,4-5,8,15H2,1-3H3,(H,22,24). The lowest BCUT2D eigenvalue weighted by atomic mass is 10.2.